The normalized spacial score (nSPS) is 12.3. The quantitative estimate of drug-likeness (QED) is 0.267. The molecule has 2 aromatic heterocycles. The number of H-pyrrole nitrogens is 1. The molecule has 0 atom stereocenters. The van der Waals surface area contributed by atoms with Crippen LogP contribution in [0.3, 0.4) is 0 Å². The zero-order valence-electron chi connectivity index (χ0n) is 15.9. The molecule has 0 unspecified atom stereocenters. The van der Waals surface area contributed by atoms with E-state index in [0.29, 0.717) is 38.8 Å². The highest BCUT2D eigenvalue weighted by atomic mass is 35.5. The molecule has 0 aliphatic carbocycles. The van der Waals surface area contributed by atoms with Crippen molar-refractivity contribution in [1.82, 2.24) is 20.2 Å². The van der Waals surface area contributed by atoms with E-state index in [1.807, 2.05) is 0 Å². The number of amides is 1. The third kappa shape index (κ3) is 5.38. The van der Waals surface area contributed by atoms with Gasteiger partial charge in [0.05, 0.1) is 33.8 Å². The Kier molecular flexibility index (Phi) is 6.85. The Morgan fingerprint density at radius 2 is 1.90 bits per heavy atom. The van der Waals surface area contributed by atoms with Gasteiger partial charge in [-0.05, 0) is 36.5 Å². The van der Waals surface area contributed by atoms with Crippen LogP contribution in [0.2, 0.25) is 10.0 Å². The van der Waals surface area contributed by atoms with Gasteiger partial charge in [0.1, 0.15) is 22.9 Å². The summed E-state index contributed by atoms with van der Waals surface area (Å²) in [7, 11) is 0. The average Bonchev–Trinajstić information content (AvgIpc) is 3.21. The van der Waals surface area contributed by atoms with Crippen molar-refractivity contribution in [2.45, 2.75) is 0 Å². The van der Waals surface area contributed by atoms with Crippen molar-refractivity contribution in [2.75, 3.05) is 5.32 Å². The molecule has 3 rings (SSSR count). The molecule has 0 spiro atoms. The number of carbonyl (C=O) groups excluding carboxylic acids is 1. The first-order valence-corrected chi connectivity index (χ1v) is 9.46. The number of nitrogens with two attached hydrogens (primary N) is 3. The zero-order chi connectivity index (χ0) is 22.4. The van der Waals surface area contributed by atoms with E-state index >= 15 is 0 Å². The van der Waals surface area contributed by atoms with Crippen LogP contribution in [0.1, 0.15) is 5.82 Å². The highest BCUT2D eigenvalue weighted by Gasteiger charge is 2.11. The largest absolute Gasteiger partial charge is 0.404 e. The standard InChI is InChI=1S/C19H17Cl2N9O/c20-11-2-1-3-12(21)17(11)26-9-14(16(23)18(24)31)27-10-4-5-13(25-8-10)19-28-15(6-7-22)29-30-19/h1-9,27H,22-23H2,(H2,24,31)(H,28,29,30)/b7-6-,16-14?,26-9?. The van der Waals surface area contributed by atoms with Crippen LogP contribution >= 0.6 is 23.2 Å². The fourth-order valence-corrected chi connectivity index (χ4v) is 2.85. The number of nitrogens with zero attached hydrogens (tertiary/aromatic N) is 4. The second kappa shape index (κ2) is 9.74. The van der Waals surface area contributed by atoms with Crippen LogP contribution in [-0.2, 0) is 4.79 Å². The molecule has 0 fully saturated rings. The number of hydrogen-bond acceptors (Lipinski definition) is 8. The number of aliphatic imine (C=N–C) groups is 1. The molecule has 31 heavy (non-hydrogen) atoms. The number of aromatic nitrogens is 4. The van der Waals surface area contributed by atoms with Crippen molar-refractivity contribution < 1.29 is 4.79 Å². The first-order chi connectivity index (χ1) is 14.9. The van der Waals surface area contributed by atoms with Gasteiger partial charge in [0, 0.05) is 0 Å². The third-order valence-electron chi connectivity index (χ3n) is 3.84. The fourth-order valence-electron chi connectivity index (χ4n) is 2.35. The van der Waals surface area contributed by atoms with Crippen LogP contribution in [0.5, 0.6) is 0 Å². The minimum atomic E-state index is -0.829. The van der Waals surface area contributed by atoms with Crippen LogP contribution in [0.4, 0.5) is 11.4 Å². The molecular weight excluding hydrogens is 441 g/mol. The van der Waals surface area contributed by atoms with Crippen molar-refractivity contribution in [3.8, 4) is 11.5 Å². The van der Waals surface area contributed by atoms with Crippen molar-refractivity contribution in [2.24, 2.45) is 22.2 Å². The predicted molar refractivity (Wildman–Crippen MR) is 121 cm³/mol. The Morgan fingerprint density at radius 1 is 1.16 bits per heavy atom. The van der Waals surface area contributed by atoms with Crippen molar-refractivity contribution >= 4 is 52.8 Å². The van der Waals surface area contributed by atoms with Crippen LogP contribution in [0.25, 0.3) is 17.6 Å². The van der Waals surface area contributed by atoms with Gasteiger partial charge in [-0.2, -0.15) is 5.10 Å². The summed E-state index contributed by atoms with van der Waals surface area (Å²) in [6.07, 6.45) is 5.73. The zero-order valence-corrected chi connectivity index (χ0v) is 17.4. The molecule has 0 aliphatic heterocycles. The number of aromatic amines is 1. The molecule has 1 amide bonds. The molecule has 0 bridgehead atoms. The first kappa shape index (κ1) is 21.8. The second-order valence-corrected chi connectivity index (χ2v) is 6.79. The molecular formula is C19H17Cl2N9O. The molecule has 0 radical (unpaired) electrons. The number of benzene rings is 1. The van der Waals surface area contributed by atoms with Gasteiger partial charge < -0.3 is 22.5 Å². The van der Waals surface area contributed by atoms with Gasteiger partial charge in [0.25, 0.3) is 5.91 Å². The van der Waals surface area contributed by atoms with Gasteiger partial charge >= 0.3 is 0 Å². The van der Waals surface area contributed by atoms with Crippen LogP contribution in [-0.4, -0.2) is 32.3 Å². The Labute approximate surface area is 186 Å². The summed E-state index contributed by atoms with van der Waals surface area (Å²) in [6.45, 7) is 0. The number of para-hydroxylation sites is 1. The molecule has 0 saturated heterocycles. The maximum absolute atomic E-state index is 11.6. The van der Waals surface area contributed by atoms with Gasteiger partial charge in [0.2, 0.25) is 0 Å². The summed E-state index contributed by atoms with van der Waals surface area (Å²) >= 11 is 12.2. The van der Waals surface area contributed by atoms with Crippen LogP contribution in [0.15, 0.2) is 59.1 Å². The lowest BCUT2D eigenvalue weighted by molar-refractivity contribution is -0.114. The SMILES string of the molecule is N/C=C\c1nc(-c2ccc(NC(C=Nc3c(Cl)cccc3Cl)=C(N)C(N)=O)cn2)n[nH]1. The van der Waals surface area contributed by atoms with Crippen molar-refractivity contribution in [3.63, 3.8) is 0 Å². The van der Waals surface area contributed by atoms with Gasteiger partial charge in [-0.1, -0.05) is 29.3 Å². The summed E-state index contributed by atoms with van der Waals surface area (Å²) in [5.41, 5.74) is 17.7. The maximum Gasteiger partial charge on any atom is 0.266 e. The Balaban J connectivity index is 1.86. The first-order valence-electron chi connectivity index (χ1n) is 8.70. The maximum atomic E-state index is 11.6. The number of primary amides is 1. The Bertz CT molecular complexity index is 1160. The minimum absolute atomic E-state index is 0.145. The number of anilines is 1. The molecule has 0 saturated carbocycles. The Morgan fingerprint density at radius 3 is 2.52 bits per heavy atom. The molecule has 1 aromatic carbocycles. The smallest absolute Gasteiger partial charge is 0.266 e. The van der Waals surface area contributed by atoms with E-state index in [4.69, 9.17) is 40.4 Å². The topological polar surface area (TPSA) is 174 Å². The number of nitrogens with one attached hydrogen (secondary N) is 2. The second-order valence-electron chi connectivity index (χ2n) is 5.98. The van der Waals surface area contributed by atoms with E-state index in [-0.39, 0.29) is 11.4 Å². The van der Waals surface area contributed by atoms with E-state index in [1.54, 1.807) is 36.4 Å². The van der Waals surface area contributed by atoms with Gasteiger partial charge in [-0.25, -0.2) is 4.98 Å². The molecule has 158 valence electrons. The highest BCUT2D eigenvalue weighted by molar-refractivity contribution is 6.38. The number of halogens is 2. The van der Waals surface area contributed by atoms with Crippen molar-refractivity contribution in [3.05, 3.63) is 70.0 Å². The van der Waals surface area contributed by atoms with E-state index in [0.717, 1.165) is 0 Å². The van der Waals surface area contributed by atoms with Gasteiger partial charge in [-0.15, -0.1) is 0 Å². The summed E-state index contributed by atoms with van der Waals surface area (Å²) < 4.78 is 0. The third-order valence-corrected chi connectivity index (χ3v) is 4.45. The van der Waals surface area contributed by atoms with Gasteiger partial charge in [-0.3, -0.25) is 19.9 Å². The lowest BCUT2D eigenvalue weighted by Gasteiger charge is -2.10. The molecule has 2 heterocycles. The van der Waals surface area contributed by atoms with Gasteiger partial charge in [0.15, 0.2) is 5.82 Å². The molecule has 8 N–H and O–H groups in total. The number of hydrogen-bond donors (Lipinski definition) is 5. The number of carbonyl (C=O) groups is 1. The van der Waals surface area contributed by atoms with Crippen LogP contribution < -0.4 is 22.5 Å². The van der Waals surface area contributed by atoms with E-state index < -0.39 is 5.91 Å². The minimum Gasteiger partial charge on any atom is -0.404 e. The lowest BCUT2D eigenvalue weighted by atomic mass is 10.2. The number of pyridine rings is 1. The van der Waals surface area contributed by atoms with E-state index in [9.17, 15) is 4.79 Å². The molecule has 12 heteroatoms. The molecule has 10 nitrogen and oxygen atoms in total. The summed E-state index contributed by atoms with van der Waals surface area (Å²) in [4.78, 5) is 24.4. The molecule has 0 aliphatic rings. The predicted octanol–water partition coefficient (Wildman–Crippen LogP) is 2.57. The van der Waals surface area contributed by atoms with Crippen molar-refractivity contribution in [1.29, 1.82) is 0 Å². The highest BCUT2D eigenvalue weighted by Crippen LogP contribution is 2.32. The van der Waals surface area contributed by atoms with Crippen LogP contribution in [0, 0.1) is 0 Å². The lowest BCUT2D eigenvalue weighted by Crippen LogP contribution is -2.25. The number of allylic oxidation sites excluding steroid dienone is 1. The summed E-state index contributed by atoms with van der Waals surface area (Å²) in [5, 5.41) is 10.4. The van der Waals surface area contributed by atoms with E-state index in [2.05, 4.69) is 30.5 Å². The number of rotatable bonds is 7. The molecule has 3 aromatic rings. The van der Waals surface area contributed by atoms with E-state index in [1.165, 1.54) is 18.6 Å². The summed E-state index contributed by atoms with van der Waals surface area (Å²) in [6, 6.07) is 8.33. The summed E-state index contributed by atoms with van der Waals surface area (Å²) in [5.74, 6) is 0.0578. The average molecular weight is 458 g/mol. The monoisotopic (exact) mass is 457 g/mol. The Hall–Kier alpha value is -3.89. The fraction of sp³-hybridized carbons (Fsp3) is 0.